The monoisotopic (exact) mass is 258 g/mol. The lowest BCUT2D eigenvalue weighted by atomic mass is 10.1. The van der Waals surface area contributed by atoms with Crippen molar-refractivity contribution in [3.8, 4) is 0 Å². The number of carbonyl (C=O) groups excluding carboxylic acids is 1. The fourth-order valence-electron chi connectivity index (χ4n) is 1.77. The van der Waals surface area contributed by atoms with Crippen molar-refractivity contribution in [2.75, 3.05) is 0 Å². The number of carbonyl (C=O) groups is 1. The first kappa shape index (κ1) is 13.1. The van der Waals surface area contributed by atoms with E-state index in [0.717, 1.165) is 5.69 Å². The van der Waals surface area contributed by atoms with Crippen LogP contribution in [0.15, 0.2) is 48.7 Å². The molecule has 3 nitrogen and oxygen atoms in total. The fourth-order valence-corrected chi connectivity index (χ4v) is 1.77. The number of amides is 1. The van der Waals surface area contributed by atoms with E-state index in [0.29, 0.717) is 17.7 Å². The van der Waals surface area contributed by atoms with Gasteiger partial charge in [-0.1, -0.05) is 18.2 Å². The van der Waals surface area contributed by atoms with E-state index in [2.05, 4.69) is 10.3 Å². The Morgan fingerprint density at radius 1 is 1.32 bits per heavy atom. The SMILES string of the molecule is CC(=CC(=O)NCc1ccc[nH]1)c1ccccc1F. The van der Waals surface area contributed by atoms with Crippen molar-refractivity contribution in [3.05, 3.63) is 65.7 Å². The molecule has 1 heterocycles. The summed E-state index contributed by atoms with van der Waals surface area (Å²) in [5.74, 6) is -0.566. The van der Waals surface area contributed by atoms with Gasteiger partial charge in [0.1, 0.15) is 5.82 Å². The summed E-state index contributed by atoms with van der Waals surface area (Å²) in [7, 11) is 0. The lowest BCUT2D eigenvalue weighted by Crippen LogP contribution is -2.20. The summed E-state index contributed by atoms with van der Waals surface area (Å²) in [4.78, 5) is 14.7. The van der Waals surface area contributed by atoms with Crippen LogP contribution in [-0.2, 0) is 11.3 Å². The highest BCUT2D eigenvalue weighted by molar-refractivity contribution is 5.94. The molecule has 0 saturated heterocycles. The van der Waals surface area contributed by atoms with Crippen LogP contribution in [0.25, 0.3) is 5.57 Å². The summed E-state index contributed by atoms with van der Waals surface area (Å²) < 4.78 is 13.5. The van der Waals surface area contributed by atoms with Gasteiger partial charge in [0.15, 0.2) is 0 Å². The zero-order valence-electron chi connectivity index (χ0n) is 10.6. The molecule has 0 aliphatic heterocycles. The average molecular weight is 258 g/mol. The highest BCUT2D eigenvalue weighted by Crippen LogP contribution is 2.16. The van der Waals surface area contributed by atoms with Gasteiger partial charge in [0.25, 0.3) is 0 Å². The summed E-state index contributed by atoms with van der Waals surface area (Å²) in [5, 5.41) is 2.74. The molecule has 2 aromatic rings. The van der Waals surface area contributed by atoms with Crippen LogP contribution in [0.1, 0.15) is 18.2 Å². The van der Waals surface area contributed by atoms with Crippen molar-refractivity contribution >= 4 is 11.5 Å². The summed E-state index contributed by atoms with van der Waals surface area (Å²) in [6.45, 7) is 2.14. The lowest BCUT2D eigenvalue weighted by molar-refractivity contribution is -0.116. The predicted octanol–water partition coefficient (Wildman–Crippen LogP) is 2.87. The number of rotatable bonds is 4. The van der Waals surface area contributed by atoms with Crippen LogP contribution >= 0.6 is 0 Å². The largest absolute Gasteiger partial charge is 0.364 e. The topological polar surface area (TPSA) is 44.9 Å². The van der Waals surface area contributed by atoms with Crippen molar-refractivity contribution in [1.82, 2.24) is 10.3 Å². The van der Waals surface area contributed by atoms with Crippen molar-refractivity contribution in [3.63, 3.8) is 0 Å². The Kier molecular flexibility index (Phi) is 4.13. The second-order valence-electron chi connectivity index (χ2n) is 4.22. The maximum absolute atomic E-state index is 13.5. The van der Waals surface area contributed by atoms with Crippen molar-refractivity contribution in [1.29, 1.82) is 0 Å². The quantitative estimate of drug-likeness (QED) is 0.814. The van der Waals surface area contributed by atoms with E-state index in [1.165, 1.54) is 12.1 Å². The first-order chi connectivity index (χ1) is 9.16. The first-order valence-electron chi connectivity index (χ1n) is 6.00. The summed E-state index contributed by atoms with van der Waals surface area (Å²) >= 11 is 0. The molecule has 0 aliphatic carbocycles. The van der Waals surface area contributed by atoms with E-state index < -0.39 is 0 Å². The summed E-state index contributed by atoms with van der Waals surface area (Å²) in [5.41, 5.74) is 1.96. The Bertz CT molecular complexity index is 588. The third-order valence-electron chi connectivity index (χ3n) is 2.76. The molecule has 0 spiro atoms. The Balaban J connectivity index is 2.00. The zero-order valence-corrected chi connectivity index (χ0v) is 10.6. The Hall–Kier alpha value is -2.36. The highest BCUT2D eigenvalue weighted by atomic mass is 19.1. The molecule has 0 radical (unpaired) electrons. The molecule has 0 saturated carbocycles. The normalized spacial score (nSPS) is 11.4. The third kappa shape index (κ3) is 3.55. The minimum atomic E-state index is -0.326. The van der Waals surface area contributed by atoms with E-state index in [4.69, 9.17) is 0 Å². The van der Waals surface area contributed by atoms with Crippen molar-refractivity contribution in [2.45, 2.75) is 13.5 Å². The average Bonchev–Trinajstić information content (AvgIpc) is 2.90. The number of halogens is 1. The number of allylic oxidation sites excluding steroid dienone is 1. The molecule has 2 rings (SSSR count). The van der Waals surface area contributed by atoms with Crippen LogP contribution in [0.4, 0.5) is 4.39 Å². The molecular weight excluding hydrogens is 243 g/mol. The van der Waals surface area contributed by atoms with Gasteiger partial charge in [0.05, 0.1) is 6.54 Å². The number of hydrogen-bond acceptors (Lipinski definition) is 1. The molecule has 1 aromatic heterocycles. The number of aromatic amines is 1. The third-order valence-corrected chi connectivity index (χ3v) is 2.76. The molecule has 1 aromatic carbocycles. The van der Waals surface area contributed by atoms with E-state index in [-0.39, 0.29) is 11.7 Å². The van der Waals surface area contributed by atoms with E-state index >= 15 is 0 Å². The lowest BCUT2D eigenvalue weighted by Gasteiger charge is -2.04. The summed E-state index contributed by atoms with van der Waals surface area (Å²) in [6, 6.07) is 10.1. The molecule has 0 atom stereocenters. The maximum atomic E-state index is 13.5. The van der Waals surface area contributed by atoms with Gasteiger partial charge in [0, 0.05) is 23.5 Å². The van der Waals surface area contributed by atoms with Gasteiger partial charge in [-0.2, -0.15) is 0 Å². The van der Waals surface area contributed by atoms with Crippen molar-refractivity contribution < 1.29 is 9.18 Å². The Morgan fingerprint density at radius 2 is 2.11 bits per heavy atom. The van der Waals surface area contributed by atoms with Crippen LogP contribution in [0, 0.1) is 5.82 Å². The molecule has 98 valence electrons. The summed E-state index contributed by atoms with van der Waals surface area (Å²) in [6.07, 6.45) is 3.20. The van der Waals surface area contributed by atoms with Crippen LogP contribution in [0.5, 0.6) is 0 Å². The number of benzene rings is 1. The van der Waals surface area contributed by atoms with E-state index in [9.17, 15) is 9.18 Å². The minimum absolute atomic E-state index is 0.240. The predicted molar refractivity (Wildman–Crippen MR) is 72.7 cm³/mol. The molecule has 0 fully saturated rings. The van der Waals surface area contributed by atoms with Gasteiger partial charge in [-0.3, -0.25) is 4.79 Å². The number of aromatic nitrogens is 1. The minimum Gasteiger partial charge on any atom is -0.364 e. The van der Waals surface area contributed by atoms with Gasteiger partial charge in [-0.05, 0) is 30.7 Å². The van der Waals surface area contributed by atoms with Crippen molar-refractivity contribution in [2.24, 2.45) is 0 Å². The second-order valence-corrected chi connectivity index (χ2v) is 4.22. The van der Waals surface area contributed by atoms with Gasteiger partial charge < -0.3 is 10.3 Å². The first-order valence-corrected chi connectivity index (χ1v) is 6.00. The molecule has 19 heavy (non-hydrogen) atoms. The Labute approximate surface area is 111 Å². The molecular formula is C15H15FN2O. The smallest absolute Gasteiger partial charge is 0.244 e. The Morgan fingerprint density at radius 3 is 2.79 bits per heavy atom. The zero-order chi connectivity index (χ0) is 13.7. The van der Waals surface area contributed by atoms with Crippen LogP contribution in [-0.4, -0.2) is 10.9 Å². The molecule has 0 aliphatic rings. The molecule has 2 N–H and O–H groups in total. The maximum Gasteiger partial charge on any atom is 0.244 e. The molecule has 0 bridgehead atoms. The van der Waals surface area contributed by atoms with Gasteiger partial charge in [0.2, 0.25) is 5.91 Å². The molecule has 4 heteroatoms. The molecule has 1 amide bonds. The van der Waals surface area contributed by atoms with E-state index in [1.54, 1.807) is 31.3 Å². The van der Waals surface area contributed by atoms with Gasteiger partial charge in [-0.15, -0.1) is 0 Å². The standard InChI is InChI=1S/C15H15FN2O/c1-11(13-6-2-3-7-14(13)16)9-15(19)18-10-12-5-4-8-17-12/h2-9,17H,10H2,1H3,(H,18,19). The van der Waals surface area contributed by atoms with Gasteiger partial charge >= 0.3 is 0 Å². The number of H-pyrrole nitrogens is 1. The van der Waals surface area contributed by atoms with Crippen LogP contribution < -0.4 is 5.32 Å². The highest BCUT2D eigenvalue weighted by Gasteiger charge is 2.05. The number of hydrogen-bond donors (Lipinski definition) is 2. The van der Waals surface area contributed by atoms with Crippen LogP contribution in [0.3, 0.4) is 0 Å². The van der Waals surface area contributed by atoms with Gasteiger partial charge in [-0.25, -0.2) is 4.39 Å². The van der Waals surface area contributed by atoms with Crippen LogP contribution in [0.2, 0.25) is 0 Å². The second kappa shape index (κ2) is 6.00. The number of nitrogens with one attached hydrogen (secondary N) is 2. The molecule has 0 unspecified atom stereocenters. The fraction of sp³-hybridized carbons (Fsp3) is 0.133. The van der Waals surface area contributed by atoms with E-state index in [1.807, 2.05) is 12.1 Å².